The molecule has 0 spiro atoms. The normalized spacial score (nSPS) is 14.4. The van der Waals surface area contributed by atoms with Gasteiger partial charge in [0.25, 0.3) is 0 Å². The van der Waals surface area contributed by atoms with Crippen molar-refractivity contribution in [2.24, 2.45) is 4.99 Å². The molecule has 1 nitrogen and oxygen atoms in total. The Balaban J connectivity index is 5.12. The van der Waals surface area contributed by atoms with E-state index in [0.29, 0.717) is 0 Å². The van der Waals surface area contributed by atoms with Gasteiger partial charge < -0.3 is 0 Å². The van der Waals surface area contributed by atoms with Crippen molar-refractivity contribution in [2.45, 2.75) is 26.7 Å². The van der Waals surface area contributed by atoms with Crippen molar-refractivity contribution in [1.82, 2.24) is 0 Å². The van der Waals surface area contributed by atoms with E-state index in [9.17, 15) is 0 Å². The van der Waals surface area contributed by atoms with Gasteiger partial charge in [-0.25, -0.2) is 0 Å². The molecule has 19 heavy (non-hydrogen) atoms. The molecule has 0 fully saturated rings. The Morgan fingerprint density at radius 1 is 1.21 bits per heavy atom. The zero-order chi connectivity index (χ0) is 14.5. The predicted octanol–water partition coefficient (Wildman–Crippen LogP) is 5.21. The minimum absolute atomic E-state index is 0.776. The lowest BCUT2D eigenvalue weighted by Gasteiger charge is -2.07. The Hall–Kier alpha value is -1.89. The second-order valence-corrected chi connectivity index (χ2v) is 3.99. The molecule has 0 heterocycles. The average Bonchev–Trinajstić information content (AvgIpc) is 2.42. The van der Waals surface area contributed by atoms with Crippen LogP contribution in [0.2, 0.25) is 0 Å². The van der Waals surface area contributed by atoms with Gasteiger partial charge in [-0.2, -0.15) is 0 Å². The quantitative estimate of drug-likeness (QED) is 0.417. The van der Waals surface area contributed by atoms with E-state index in [4.69, 9.17) is 0 Å². The van der Waals surface area contributed by atoms with E-state index in [1.165, 1.54) is 0 Å². The van der Waals surface area contributed by atoms with Crippen molar-refractivity contribution >= 4 is 5.71 Å². The fourth-order valence-electron chi connectivity index (χ4n) is 1.58. The molecule has 0 saturated heterocycles. The summed E-state index contributed by atoms with van der Waals surface area (Å²) in [6, 6.07) is 0. The van der Waals surface area contributed by atoms with Gasteiger partial charge in [-0.1, -0.05) is 68.7 Å². The smallest absolute Gasteiger partial charge is 0.0460 e. The van der Waals surface area contributed by atoms with Gasteiger partial charge in [-0.15, -0.1) is 0 Å². The zero-order valence-corrected chi connectivity index (χ0v) is 12.4. The summed E-state index contributed by atoms with van der Waals surface area (Å²) in [5.74, 6) is 0. The number of hydrogen-bond acceptors (Lipinski definition) is 1. The first kappa shape index (κ1) is 17.1. The van der Waals surface area contributed by atoms with Crippen LogP contribution in [-0.2, 0) is 0 Å². The molecule has 0 aliphatic rings. The van der Waals surface area contributed by atoms with Gasteiger partial charge >= 0.3 is 0 Å². The highest BCUT2D eigenvalue weighted by Crippen LogP contribution is 2.12. The van der Waals surface area contributed by atoms with Crippen molar-refractivity contribution in [2.75, 3.05) is 7.05 Å². The van der Waals surface area contributed by atoms with Gasteiger partial charge in [0.2, 0.25) is 0 Å². The van der Waals surface area contributed by atoms with Crippen molar-refractivity contribution in [3.8, 4) is 0 Å². The fraction of sp³-hybridized carbons (Fsp3) is 0.278. The summed E-state index contributed by atoms with van der Waals surface area (Å²) in [7, 11) is 1.82. The third kappa shape index (κ3) is 7.20. The van der Waals surface area contributed by atoms with Crippen molar-refractivity contribution < 1.29 is 0 Å². The van der Waals surface area contributed by atoms with Crippen LogP contribution in [0.1, 0.15) is 26.7 Å². The Morgan fingerprint density at radius 2 is 1.95 bits per heavy atom. The number of allylic oxidation sites excluding steroid dienone is 10. The summed E-state index contributed by atoms with van der Waals surface area (Å²) < 4.78 is 0. The van der Waals surface area contributed by atoms with E-state index >= 15 is 0 Å². The van der Waals surface area contributed by atoms with Crippen molar-refractivity contribution in [3.05, 3.63) is 72.9 Å². The zero-order valence-electron chi connectivity index (χ0n) is 12.4. The lowest BCUT2D eigenvalue weighted by atomic mass is 10.0. The highest BCUT2D eigenvalue weighted by molar-refractivity contribution is 6.04. The van der Waals surface area contributed by atoms with Crippen LogP contribution in [0, 0.1) is 0 Å². The number of aliphatic imine (C=N–C) groups is 1. The van der Waals surface area contributed by atoms with Crippen LogP contribution in [0.25, 0.3) is 0 Å². The van der Waals surface area contributed by atoms with Crippen LogP contribution in [0.3, 0.4) is 0 Å². The molecular weight excluding hydrogens is 230 g/mol. The largest absolute Gasteiger partial charge is 0.292 e. The van der Waals surface area contributed by atoms with Crippen LogP contribution in [0.4, 0.5) is 0 Å². The van der Waals surface area contributed by atoms with E-state index < -0.39 is 0 Å². The van der Waals surface area contributed by atoms with E-state index in [0.717, 1.165) is 29.7 Å². The molecule has 0 bridgehead atoms. The first-order valence-electron chi connectivity index (χ1n) is 6.63. The molecule has 102 valence electrons. The Morgan fingerprint density at radius 3 is 2.42 bits per heavy atom. The monoisotopic (exact) mass is 255 g/mol. The number of rotatable bonds is 8. The fourth-order valence-corrected chi connectivity index (χ4v) is 1.58. The van der Waals surface area contributed by atoms with Crippen LogP contribution in [-0.4, -0.2) is 12.8 Å². The first-order chi connectivity index (χ1) is 9.23. The highest BCUT2D eigenvalue weighted by atomic mass is 14.7. The van der Waals surface area contributed by atoms with Crippen LogP contribution >= 0.6 is 0 Å². The van der Waals surface area contributed by atoms with Crippen molar-refractivity contribution in [3.63, 3.8) is 0 Å². The van der Waals surface area contributed by atoms with Gasteiger partial charge in [-0.05, 0) is 24.5 Å². The molecule has 0 aromatic heterocycles. The van der Waals surface area contributed by atoms with E-state index in [2.05, 4.69) is 43.3 Å². The minimum Gasteiger partial charge on any atom is -0.292 e. The lowest BCUT2D eigenvalue weighted by Crippen LogP contribution is -2.02. The first-order valence-corrected chi connectivity index (χ1v) is 6.63. The molecule has 0 aromatic carbocycles. The summed E-state index contributed by atoms with van der Waals surface area (Å²) >= 11 is 0. The van der Waals surface area contributed by atoms with E-state index in [-0.39, 0.29) is 0 Å². The number of hydrogen-bond donors (Lipinski definition) is 0. The van der Waals surface area contributed by atoms with Crippen molar-refractivity contribution in [1.29, 1.82) is 0 Å². The van der Waals surface area contributed by atoms with Crippen LogP contribution in [0.15, 0.2) is 77.9 Å². The third-order valence-electron chi connectivity index (χ3n) is 2.56. The predicted molar refractivity (Wildman–Crippen MR) is 88.8 cm³/mol. The maximum Gasteiger partial charge on any atom is 0.0460 e. The SMILES string of the molecule is C=C/C=C(\C=C/C)C(C/C(C=C)=C/C=C\CC)=NC. The standard InChI is InChI=1S/C18H25N/c1-6-10-11-14-16(9-4)15-18(19-5)17(12-7-2)13-8-3/h7-14H,2,4,6,15H2,1,3,5H3/b11-10-,13-8-,16-14+,17-12+,19-18?. The van der Waals surface area contributed by atoms with Gasteiger partial charge in [0, 0.05) is 19.2 Å². The molecule has 0 rings (SSSR count). The summed E-state index contributed by atoms with van der Waals surface area (Å²) in [5, 5.41) is 0. The maximum atomic E-state index is 4.38. The second kappa shape index (κ2) is 11.2. The molecule has 0 radical (unpaired) electrons. The highest BCUT2D eigenvalue weighted by Gasteiger charge is 2.04. The molecule has 0 N–H and O–H groups in total. The summed E-state index contributed by atoms with van der Waals surface area (Å²) in [6.45, 7) is 11.7. The van der Waals surface area contributed by atoms with E-state index in [1.807, 2.05) is 38.3 Å². The molecule has 0 atom stereocenters. The molecule has 0 unspecified atom stereocenters. The summed E-state index contributed by atoms with van der Waals surface area (Å²) in [4.78, 5) is 4.38. The Labute approximate surface area is 118 Å². The van der Waals surface area contributed by atoms with Crippen LogP contribution < -0.4 is 0 Å². The molecule has 0 amide bonds. The molecule has 0 aliphatic heterocycles. The number of nitrogens with zero attached hydrogens (tertiary/aromatic N) is 1. The molecule has 0 aromatic rings. The van der Waals surface area contributed by atoms with Gasteiger partial charge in [0.05, 0.1) is 0 Å². The third-order valence-corrected chi connectivity index (χ3v) is 2.56. The molecular formula is C18H25N. The van der Waals surface area contributed by atoms with Gasteiger partial charge in [0.1, 0.15) is 0 Å². The Kier molecular flexibility index (Phi) is 10.1. The van der Waals surface area contributed by atoms with E-state index in [1.54, 1.807) is 6.08 Å². The minimum atomic E-state index is 0.776. The molecule has 0 saturated carbocycles. The Bertz CT molecular complexity index is 429. The molecule has 1 heteroatoms. The topological polar surface area (TPSA) is 12.4 Å². The van der Waals surface area contributed by atoms with Crippen LogP contribution in [0.5, 0.6) is 0 Å². The second-order valence-electron chi connectivity index (χ2n) is 3.99. The lowest BCUT2D eigenvalue weighted by molar-refractivity contribution is 1.22. The summed E-state index contributed by atoms with van der Waals surface area (Å²) in [6.07, 6.45) is 17.8. The van der Waals surface area contributed by atoms with Gasteiger partial charge in [-0.3, -0.25) is 4.99 Å². The molecule has 0 aliphatic carbocycles. The van der Waals surface area contributed by atoms with Gasteiger partial charge in [0.15, 0.2) is 0 Å². The maximum absolute atomic E-state index is 4.38. The summed E-state index contributed by atoms with van der Waals surface area (Å²) in [5.41, 5.74) is 3.28. The average molecular weight is 255 g/mol.